The molecular formula is C21H17N5O2. The first-order valence-electron chi connectivity index (χ1n) is 8.68. The van der Waals surface area contributed by atoms with Gasteiger partial charge in [0.1, 0.15) is 0 Å². The van der Waals surface area contributed by atoms with Crippen molar-refractivity contribution in [2.75, 3.05) is 0 Å². The molecule has 3 heterocycles. The van der Waals surface area contributed by atoms with E-state index in [0.717, 1.165) is 21.0 Å². The molecule has 7 nitrogen and oxygen atoms in total. The number of rotatable bonds is 3. The van der Waals surface area contributed by atoms with Gasteiger partial charge in [-0.15, -0.1) is 6.42 Å². The molecule has 0 aliphatic rings. The highest BCUT2D eigenvalue weighted by molar-refractivity contribution is 5.80. The van der Waals surface area contributed by atoms with Crippen molar-refractivity contribution in [2.24, 2.45) is 0 Å². The van der Waals surface area contributed by atoms with Crippen LogP contribution in [0.3, 0.4) is 0 Å². The highest BCUT2D eigenvalue weighted by Crippen LogP contribution is 2.18. The molecule has 0 spiro atoms. The van der Waals surface area contributed by atoms with Crippen molar-refractivity contribution in [3.63, 3.8) is 0 Å². The molecule has 0 amide bonds. The number of aryl methyl sites for hydroxylation is 1. The van der Waals surface area contributed by atoms with Gasteiger partial charge in [-0.05, 0) is 31.5 Å². The minimum absolute atomic E-state index is 0.0381. The molecule has 0 aliphatic carbocycles. The van der Waals surface area contributed by atoms with Crippen molar-refractivity contribution in [1.82, 2.24) is 23.9 Å². The largest absolute Gasteiger partial charge is 0.336 e. The third-order valence-electron chi connectivity index (χ3n) is 4.63. The lowest BCUT2D eigenvalue weighted by molar-refractivity contribution is 0.661. The maximum absolute atomic E-state index is 13.4. The van der Waals surface area contributed by atoms with Crippen LogP contribution >= 0.6 is 0 Å². The number of hydrogen-bond donors (Lipinski definition) is 0. The first-order chi connectivity index (χ1) is 13.5. The average Bonchev–Trinajstić information content (AvgIpc) is 3.09. The van der Waals surface area contributed by atoms with Crippen LogP contribution in [0.4, 0.5) is 0 Å². The van der Waals surface area contributed by atoms with E-state index in [1.165, 1.54) is 10.8 Å². The van der Waals surface area contributed by atoms with E-state index in [-0.39, 0.29) is 12.2 Å². The monoisotopic (exact) mass is 371 g/mol. The summed E-state index contributed by atoms with van der Waals surface area (Å²) in [6, 6.07) is 9.29. The second-order valence-corrected chi connectivity index (χ2v) is 6.48. The predicted molar refractivity (Wildman–Crippen MR) is 107 cm³/mol. The first kappa shape index (κ1) is 17.5. The van der Waals surface area contributed by atoms with Crippen molar-refractivity contribution < 1.29 is 0 Å². The van der Waals surface area contributed by atoms with Crippen LogP contribution in [-0.2, 0) is 6.54 Å². The third-order valence-corrected chi connectivity index (χ3v) is 4.63. The van der Waals surface area contributed by atoms with Gasteiger partial charge in [-0.2, -0.15) is 5.10 Å². The van der Waals surface area contributed by atoms with E-state index in [4.69, 9.17) is 6.42 Å². The van der Waals surface area contributed by atoms with Crippen LogP contribution in [0.5, 0.6) is 0 Å². The number of terminal acetylenes is 1. The molecule has 0 saturated heterocycles. The molecule has 0 radical (unpaired) electrons. The molecule has 0 saturated carbocycles. The number of fused-ring (bicyclic) bond motifs is 1. The van der Waals surface area contributed by atoms with Crippen LogP contribution in [-0.4, -0.2) is 23.9 Å². The minimum Gasteiger partial charge on any atom is -0.284 e. The van der Waals surface area contributed by atoms with Gasteiger partial charge in [-0.1, -0.05) is 24.1 Å². The standard InChI is InChI=1S/C21H17N5O2/c1-4-9-24-15(3)19(26-18-8-6-5-7-16(18)12-23-26)20(27)25(21(24)28)17-10-14(2)11-22-13-17/h1,5-8,10-13H,9H2,2-3H3. The van der Waals surface area contributed by atoms with Crippen LogP contribution in [0.15, 0.2) is 58.5 Å². The summed E-state index contributed by atoms with van der Waals surface area (Å²) in [7, 11) is 0. The van der Waals surface area contributed by atoms with Crippen LogP contribution in [0.2, 0.25) is 0 Å². The van der Waals surface area contributed by atoms with Crippen LogP contribution in [0.1, 0.15) is 11.3 Å². The zero-order chi connectivity index (χ0) is 19.8. The van der Waals surface area contributed by atoms with Crippen molar-refractivity contribution in [2.45, 2.75) is 20.4 Å². The van der Waals surface area contributed by atoms with Gasteiger partial charge in [0.15, 0.2) is 5.69 Å². The van der Waals surface area contributed by atoms with E-state index in [1.807, 2.05) is 31.2 Å². The van der Waals surface area contributed by atoms with Crippen LogP contribution < -0.4 is 11.2 Å². The van der Waals surface area contributed by atoms with E-state index < -0.39 is 11.2 Å². The number of para-hydroxylation sites is 1. The van der Waals surface area contributed by atoms with Crippen molar-refractivity contribution in [3.8, 4) is 23.7 Å². The Bertz CT molecular complexity index is 1370. The van der Waals surface area contributed by atoms with E-state index in [0.29, 0.717) is 11.4 Å². The Balaban J connectivity index is 2.14. The molecule has 0 atom stereocenters. The molecule has 1 aromatic carbocycles. The molecule has 28 heavy (non-hydrogen) atoms. The Kier molecular flexibility index (Phi) is 4.17. The van der Waals surface area contributed by atoms with Crippen molar-refractivity contribution >= 4 is 10.9 Å². The summed E-state index contributed by atoms with van der Waals surface area (Å²) < 4.78 is 4.05. The van der Waals surface area contributed by atoms with Gasteiger partial charge >= 0.3 is 5.69 Å². The summed E-state index contributed by atoms with van der Waals surface area (Å²) in [4.78, 5) is 30.6. The number of hydrogen-bond acceptors (Lipinski definition) is 4. The molecule has 3 aromatic heterocycles. The van der Waals surface area contributed by atoms with Gasteiger partial charge in [0.25, 0.3) is 5.56 Å². The fraction of sp³-hybridized carbons (Fsp3) is 0.143. The Morgan fingerprint density at radius 2 is 1.89 bits per heavy atom. The van der Waals surface area contributed by atoms with E-state index >= 15 is 0 Å². The zero-order valence-electron chi connectivity index (χ0n) is 15.5. The van der Waals surface area contributed by atoms with Crippen LogP contribution in [0.25, 0.3) is 22.3 Å². The first-order valence-corrected chi connectivity index (χ1v) is 8.68. The topological polar surface area (TPSA) is 74.7 Å². The second-order valence-electron chi connectivity index (χ2n) is 6.48. The highest BCUT2D eigenvalue weighted by Gasteiger charge is 2.20. The predicted octanol–water partition coefficient (Wildman–Crippen LogP) is 1.98. The van der Waals surface area contributed by atoms with E-state index in [9.17, 15) is 9.59 Å². The van der Waals surface area contributed by atoms with Gasteiger partial charge in [-0.3, -0.25) is 14.3 Å². The summed E-state index contributed by atoms with van der Waals surface area (Å²) in [6.45, 7) is 3.58. The third kappa shape index (κ3) is 2.63. The van der Waals surface area contributed by atoms with Crippen molar-refractivity contribution in [1.29, 1.82) is 0 Å². The van der Waals surface area contributed by atoms with Gasteiger partial charge in [0, 0.05) is 11.6 Å². The minimum atomic E-state index is -0.506. The average molecular weight is 371 g/mol. The highest BCUT2D eigenvalue weighted by atomic mass is 16.2. The molecule has 0 bridgehead atoms. The van der Waals surface area contributed by atoms with E-state index in [2.05, 4.69) is 16.0 Å². The summed E-state index contributed by atoms with van der Waals surface area (Å²) in [5.74, 6) is 2.49. The van der Waals surface area contributed by atoms with Crippen LogP contribution in [0, 0.1) is 26.2 Å². The molecular weight excluding hydrogens is 354 g/mol. The Labute approximate surface area is 160 Å². The molecule has 0 fully saturated rings. The summed E-state index contributed by atoms with van der Waals surface area (Å²) >= 11 is 0. The summed E-state index contributed by atoms with van der Waals surface area (Å²) in [6.07, 6.45) is 10.3. The molecule has 0 aliphatic heterocycles. The van der Waals surface area contributed by atoms with E-state index in [1.54, 1.807) is 30.1 Å². The molecule has 7 heteroatoms. The smallest absolute Gasteiger partial charge is 0.284 e. The lowest BCUT2D eigenvalue weighted by Gasteiger charge is -2.16. The lowest BCUT2D eigenvalue weighted by Crippen LogP contribution is -2.42. The fourth-order valence-corrected chi connectivity index (χ4v) is 3.30. The maximum atomic E-state index is 13.4. The Morgan fingerprint density at radius 3 is 2.64 bits per heavy atom. The van der Waals surface area contributed by atoms with Gasteiger partial charge in [-0.25, -0.2) is 14.0 Å². The SMILES string of the molecule is C#CCn1c(C)c(-n2ncc3ccccc32)c(=O)n(-c2cncc(C)c2)c1=O. The summed E-state index contributed by atoms with van der Waals surface area (Å²) in [5, 5.41) is 5.28. The van der Waals surface area contributed by atoms with Crippen molar-refractivity contribution in [3.05, 3.63) is 81.0 Å². The number of nitrogens with zero attached hydrogens (tertiary/aromatic N) is 5. The quantitative estimate of drug-likeness (QED) is 0.516. The molecule has 138 valence electrons. The van der Waals surface area contributed by atoms with Gasteiger partial charge in [0.05, 0.1) is 35.8 Å². The fourth-order valence-electron chi connectivity index (χ4n) is 3.30. The molecule has 0 unspecified atom stereocenters. The zero-order valence-corrected chi connectivity index (χ0v) is 15.5. The number of benzene rings is 1. The van der Waals surface area contributed by atoms with Gasteiger partial charge in [0.2, 0.25) is 0 Å². The lowest BCUT2D eigenvalue weighted by atomic mass is 10.2. The summed E-state index contributed by atoms with van der Waals surface area (Å²) in [5.41, 5.74) is 1.74. The molecule has 4 rings (SSSR count). The Hall–Kier alpha value is -3.92. The number of aromatic nitrogens is 5. The number of pyridine rings is 1. The Morgan fingerprint density at radius 1 is 1.11 bits per heavy atom. The normalized spacial score (nSPS) is 10.9. The maximum Gasteiger partial charge on any atom is 0.336 e. The van der Waals surface area contributed by atoms with Gasteiger partial charge < -0.3 is 0 Å². The second kappa shape index (κ2) is 6.67. The molecule has 0 N–H and O–H groups in total. The molecule has 4 aromatic rings.